The van der Waals surface area contributed by atoms with Gasteiger partial charge in [0.1, 0.15) is 11.4 Å². The minimum Gasteiger partial charge on any atom is -0.507 e. The van der Waals surface area contributed by atoms with Gasteiger partial charge in [-0.1, -0.05) is 18.1 Å². The summed E-state index contributed by atoms with van der Waals surface area (Å²) in [6.45, 7) is 2.57. The van der Waals surface area contributed by atoms with Crippen molar-refractivity contribution >= 4 is 17.2 Å². The number of anilines is 3. The Bertz CT molecular complexity index is 1460. The quantitative estimate of drug-likeness (QED) is 0.423. The third kappa shape index (κ3) is 4.23. The van der Waals surface area contributed by atoms with Gasteiger partial charge in [-0.05, 0) is 74.8 Å². The van der Waals surface area contributed by atoms with Crippen LogP contribution in [0.1, 0.15) is 44.2 Å². The lowest BCUT2D eigenvalue weighted by atomic mass is 9.89. The van der Waals surface area contributed by atoms with Crippen LogP contribution in [-0.2, 0) is 0 Å². The molecule has 4 aliphatic rings. The number of phenolic OH excluding ortho intramolecular Hbond substituents is 1. The molecule has 40 heavy (non-hydrogen) atoms. The van der Waals surface area contributed by atoms with Crippen molar-refractivity contribution in [2.24, 2.45) is 0 Å². The molecule has 0 amide bonds. The van der Waals surface area contributed by atoms with E-state index in [0.29, 0.717) is 41.7 Å². The Hall–Kier alpha value is -3.87. The summed E-state index contributed by atoms with van der Waals surface area (Å²) in [5.41, 5.74) is 10.3. The molecule has 7 rings (SSSR count). The maximum absolute atomic E-state index is 10.3. The molecule has 0 aliphatic carbocycles. The van der Waals surface area contributed by atoms with Crippen LogP contribution in [0.2, 0.25) is 0 Å². The molecular formula is C31H35N7O2. The van der Waals surface area contributed by atoms with E-state index < -0.39 is 0 Å². The van der Waals surface area contributed by atoms with Crippen LogP contribution in [0.3, 0.4) is 0 Å². The van der Waals surface area contributed by atoms with Crippen molar-refractivity contribution in [3.8, 4) is 28.8 Å². The van der Waals surface area contributed by atoms with Crippen molar-refractivity contribution in [2.45, 2.75) is 62.2 Å². The number of piperazine rings is 1. The van der Waals surface area contributed by atoms with Crippen LogP contribution in [0.4, 0.5) is 17.2 Å². The van der Waals surface area contributed by atoms with E-state index in [1.54, 1.807) is 12.1 Å². The summed E-state index contributed by atoms with van der Waals surface area (Å²) in [5, 5.41) is 28.8. The zero-order valence-electron chi connectivity index (χ0n) is 22.6. The number of benzene rings is 1. The summed E-state index contributed by atoms with van der Waals surface area (Å²) in [7, 11) is 0. The van der Waals surface area contributed by atoms with Gasteiger partial charge in [0, 0.05) is 54.2 Å². The number of hydrogen-bond acceptors (Lipinski definition) is 9. The number of nitrogen functional groups attached to an aromatic ring is 1. The molecule has 4 aliphatic heterocycles. The molecule has 0 radical (unpaired) electrons. The Labute approximate surface area is 234 Å². The van der Waals surface area contributed by atoms with E-state index in [-0.39, 0.29) is 17.9 Å². The monoisotopic (exact) mass is 537 g/mol. The fourth-order valence-electron chi connectivity index (χ4n) is 7.52. The van der Waals surface area contributed by atoms with E-state index in [0.717, 1.165) is 55.8 Å². The highest BCUT2D eigenvalue weighted by atomic mass is 16.3. The van der Waals surface area contributed by atoms with Gasteiger partial charge in [-0.3, -0.25) is 4.90 Å². The first-order valence-electron chi connectivity index (χ1n) is 14.3. The number of fused-ring (bicyclic) bond motifs is 4. The average molecular weight is 538 g/mol. The Balaban J connectivity index is 1.08. The lowest BCUT2D eigenvalue weighted by Gasteiger charge is -2.43. The van der Waals surface area contributed by atoms with Crippen LogP contribution in [0.25, 0.3) is 11.3 Å². The molecule has 0 spiro atoms. The van der Waals surface area contributed by atoms with Gasteiger partial charge in [-0.15, -0.1) is 10.2 Å². The number of nitrogens with zero attached hydrogens (tertiary/aromatic N) is 6. The van der Waals surface area contributed by atoms with Gasteiger partial charge >= 0.3 is 0 Å². The van der Waals surface area contributed by atoms with Crippen molar-refractivity contribution in [1.29, 1.82) is 0 Å². The lowest BCUT2D eigenvalue weighted by Crippen LogP contribution is -2.54. The zero-order valence-corrected chi connectivity index (χ0v) is 22.6. The molecule has 3 aromatic rings. The molecule has 0 saturated carbocycles. The second-order valence-electron chi connectivity index (χ2n) is 11.7. The minimum absolute atomic E-state index is 0.0521. The SMILES string of the molecule is Nc1nnc(-c2ccccc2O)cc1N1CC2CCC(C1)N2c1ccnc(C#CCN2C3CCC2(CO)CC3)c1. The number of aromatic nitrogens is 3. The number of phenols is 1. The van der Waals surface area contributed by atoms with Gasteiger partial charge in [0.15, 0.2) is 5.82 Å². The zero-order chi connectivity index (χ0) is 27.3. The third-order valence-corrected chi connectivity index (χ3v) is 9.54. The van der Waals surface area contributed by atoms with Crippen LogP contribution in [0.5, 0.6) is 5.75 Å². The third-order valence-electron chi connectivity index (χ3n) is 9.54. The summed E-state index contributed by atoms with van der Waals surface area (Å²) in [6, 6.07) is 14.6. The van der Waals surface area contributed by atoms with Crippen molar-refractivity contribution in [2.75, 3.05) is 41.8 Å². The van der Waals surface area contributed by atoms with E-state index in [4.69, 9.17) is 5.73 Å². The van der Waals surface area contributed by atoms with E-state index in [9.17, 15) is 10.2 Å². The van der Waals surface area contributed by atoms with E-state index in [1.165, 1.54) is 12.8 Å². The minimum atomic E-state index is -0.0521. The van der Waals surface area contributed by atoms with Crippen LogP contribution < -0.4 is 15.5 Å². The molecule has 9 nitrogen and oxygen atoms in total. The molecule has 4 fully saturated rings. The van der Waals surface area contributed by atoms with Gasteiger partial charge in [-0.2, -0.15) is 0 Å². The topological polar surface area (TPSA) is 115 Å². The number of nitrogens with two attached hydrogens (primary N) is 1. The highest BCUT2D eigenvalue weighted by Crippen LogP contribution is 2.45. The fraction of sp³-hybridized carbons (Fsp3) is 0.452. The molecule has 4 bridgehead atoms. The molecule has 1 aromatic carbocycles. The normalized spacial score (nSPS) is 27.2. The highest BCUT2D eigenvalue weighted by Gasteiger charge is 2.50. The predicted molar refractivity (Wildman–Crippen MR) is 155 cm³/mol. The van der Waals surface area contributed by atoms with Crippen molar-refractivity contribution in [3.63, 3.8) is 0 Å². The molecule has 2 unspecified atom stereocenters. The Morgan fingerprint density at radius 3 is 2.50 bits per heavy atom. The number of para-hydroxylation sites is 1. The van der Waals surface area contributed by atoms with Crippen molar-refractivity contribution < 1.29 is 10.2 Å². The fourth-order valence-corrected chi connectivity index (χ4v) is 7.52. The largest absolute Gasteiger partial charge is 0.507 e. The molecule has 4 saturated heterocycles. The summed E-state index contributed by atoms with van der Waals surface area (Å²) in [5.74, 6) is 7.25. The second kappa shape index (κ2) is 9.95. The Morgan fingerprint density at radius 2 is 1.75 bits per heavy atom. The van der Waals surface area contributed by atoms with Crippen LogP contribution in [0, 0.1) is 11.8 Å². The van der Waals surface area contributed by atoms with Gasteiger partial charge in [-0.25, -0.2) is 4.98 Å². The summed E-state index contributed by atoms with van der Waals surface area (Å²) in [6.07, 6.45) is 8.57. The standard InChI is InChI=1S/C31H35N7O2/c32-30-28(17-27(34-35-30)26-5-1-2-6-29(26)40)36-18-24-7-8-25(19-36)38(24)23-11-14-33-21(16-23)4-3-15-37-22-9-12-31(37,20-39)13-10-22/h1-2,5-6,11,14,16-17,22,24-25,39-40H,7-10,12-13,15,18-20H2,(H2,32,35). The smallest absolute Gasteiger partial charge is 0.169 e. The van der Waals surface area contributed by atoms with Gasteiger partial charge in [0.25, 0.3) is 0 Å². The first-order valence-corrected chi connectivity index (χ1v) is 14.3. The van der Waals surface area contributed by atoms with Crippen LogP contribution in [-0.4, -0.2) is 80.2 Å². The predicted octanol–water partition coefficient (Wildman–Crippen LogP) is 3.02. The van der Waals surface area contributed by atoms with E-state index in [2.05, 4.69) is 53.9 Å². The molecule has 2 aromatic heterocycles. The van der Waals surface area contributed by atoms with E-state index in [1.807, 2.05) is 24.4 Å². The van der Waals surface area contributed by atoms with Crippen LogP contribution >= 0.6 is 0 Å². The second-order valence-corrected chi connectivity index (χ2v) is 11.7. The molecule has 206 valence electrons. The van der Waals surface area contributed by atoms with Gasteiger partial charge in [0.05, 0.1) is 24.5 Å². The first-order chi connectivity index (χ1) is 19.5. The van der Waals surface area contributed by atoms with Gasteiger partial charge in [0.2, 0.25) is 0 Å². The first kappa shape index (κ1) is 25.1. The number of pyridine rings is 1. The maximum atomic E-state index is 10.3. The summed E-state index contributed by atoms with van der Waals surface area (Å²) < 4.78 is 0. The molecule has 9 heteroatoms. The van der Waals surface area contributed by atoms with Crippen LogP contribution in [0.15, 0.2) is 48.7 Å². The Morgan fingerprint density at radius 1 is 0.975 bits per heavy atom. The summed E-state index contributed by atoms with van der Waals surface area (Å²) >= 11 is 0. The molecule has 4 N–H and O–H groups in total. The molecule has 6 heterocycles. The molecular weight excluding hydrogens is 502 g/mol. The van der Waals surface area contributed by atoms with Crippen molar-refractivity contribution in [3.05, 3.63) is 54.4 Å². The lowest BCUT2D eigenvalue weighted by molar-refractivity contribution is 0.0893. The average Bonchev–Trinajstić information content (AvgIpc) is 3.60. The Kier molecular flexibility index (Phi) is 6.25. The number of aliphatic hydroxyl groups is 1. The number of aliphatic hydroxyl groups excluding tert-OH is 1. The number of hydrogen-bond donors (Lipinski definition) is 3. The number of rotatable bonds is 5. The maximum Gasteiger partial charge on any atom is 0.169 e. The highest BCUT2D eigenvalue weighted by molar-refractivity contribution is 5.74. The van der Waals surface area contributed by atoms with E-state index >= 15 is 0 Å². The molecule has 2 atom stereocenters. The number of aromatic hydroxyl groups is 1. The van der Waals surface area contributed by atoms with Crippen molar-refractivity contribution in [1.82, 2.24) is 20.1 Å². The van der Waals surface area contributed by atoms with Gasteiger partial charge < -0.3 is 25.7 Å². The summed E-state index contributed by atoms with van der Waals surface area (Å²) in [4.78, 5) is 11.8.